The Morgan fingerprint density at radius 1 is 1.18 bits per heavy atom. The van der Waals surface area contributed by atoms with E-state index < -0.39 is 0 Å². The summed E-state index contributed by atoms with van der Waals surface area (Å²) in [5.41, 5.74) is 2.01. The van der Waals surface area contributed by atoms with E-state index in [2.05, 4.69) is 15.6 Å². The van der Waals surface area contributed by atoms with Crippen LogP contribution in [0.15, 0.2) is 48.8 Å². The second kappa shape index (κ2) is 6.13. The zero-order valence-corrected chi connectivity index (χ0v) is 12.2. The van der Waals surface area contributed by atoms with Crippen molar-refractivity contribution in [1.29, 1.82) is 0 Å². The minimum absolute atomic E-state index is 0.0284. The van der Waals surface area contributed by atoms with Crippen LogP contribution in [-0.4, -0.2) is 17.6 Å². The lowest BCUT2D eigenvalue weighted by molar-refractivity contribution is 0.239. The lowest BCUT2D eigenvalue weighted by atomic mass is 9.96. The molecular formula is C17H18FN3O. The molecule has 1 aromatic heterocycles. The summed E-state index contributed by atoms with van der Waals surface area (Å²) in [6.07, 6.45) is 5.45. The lowest BCUT2D eigenvalue weighted by Crippen LogP contribution is -2.39. The molecule has 0 aliphatic heterocycles. The van der Waals surface area contributed by atoms with Gasteiger partial charge in [0.25, 0.3) is 0 Å². The van der Waals surface area contributed by atoms with Crippen LogP contribution in [0.2, 0.25) is 0 Å². The van der Waals surface area contributed by atoms with Gasteiger partial charge in [-0.3, -0.25) is 4.98 Å². The Bertz CT molecular complexity index is 639. The normalized spacial score (nSPS) is 15.1. The summed E-state index contributed by atoms with van der Waals surface area (Å²) in [4.78, 5) is 15.9. The Balaban J connectivity index is 1.49. The molecule has 0 radical (unpaired) electrons. The van der Waals surface area contributed by atoms with Crippen LogP contribution in [-0.2, 0) is 12.0 Å². The van der Waals surface area contributed by atoms with Gasteiger partial charge in [0.1, 0.15) is 5.82 Å². The highest BCUT2D eigenvalue weighted by Crippen LogP contribution is 2.47. The number of halogens is 1. The standard InChI is InChI=1S/C17H18FN3O/c18-15-5-3-14(4-6-15)17(7-8-17)12-21-16(22)20-11-13-2-1-9-19-10-13/h1-6,9-10H,7-8,11-12H2,(H2,20,21,22). The van der Waals surface area contributed by atoms with Crippen LogP contribution < -0.4 is 10.6 Å². The molecule has 2 aromatic rings. The molecule has 0 bridgehead atoms. The molecule has 4 nitrogen and oxygen atoms in total. The summed E-state index contributed by atoms with van der Waals surface area (Å²) in [6.45, 7) is 1.01. The summed E-state index contributed by atoms with van der Waals surface area (Å²) in [5.74, 6) is -0.235. The number of pyridine rings is 1. The van der Waals surface area contributed by atoms with Gasteiger partial charge < -0.3 is 10.6 Å². The van der Waals surface area contributed by atoms with Crippen molar-refractivity contribution < 1.29 is 9.18 Å². The third-order valence-electron chi connectivity index (χ3n) is 4.07. The lowest BCUT2D eigenvalue weighted by Gasteiger charge is -2.17. The summed E-state index contributed by atoms with van der Waals surface area (Å²) in [7, 11) is 0. The van der Waals surface area contributed by atoms with Crippen molar-refractivity contribution in [2.24, 2.45) is 0 Å². The molecule has 114 valence electrons. The van der Waals surface area contributed by atoms with Crippen molar-refractivity contribution in [2.45, 2.75) is 24.8 Å². The van der Waals surface area contributed by atoms with E-state index in [4.69, 9.17) is 0 Å². The number of hydrogen-bond acceptors (Lipinski definition) is 2. The van der Waals surface area contributed by atoms with E-state index in [9.17, 15) is 9.18 Å². The maximum Gasteiger partial charge on any atom is 0.315 e. The smallest absolute Gasteiger partial charge is 0.315 e. The van der Waals surface area contributed by atoms with Crippen molar-refractivity contribution in [1.82, 2.24) is 15.6 Å². The zero-order chi connectivity index (χ0) is 15.4. The van der Waals surface area contributed by atoms with E-state index in [0.717, 1.165) is 24.0 Å². The Labute approximate surface area is 128 Å². The maximum atomic E-state index is 13.0. The predicted octanol–water partition coefficient (Wildman–Crippen LogP) is 2.75. The number of aromatic nitrogens is 1. The van der Waals surface area contributed by atoms with E-state index >= 15 is 0 Å². The molecule has 2 N–H and O–H groups in total. The Morgan fingerprint density at radius 3 is 2.59 bits per heavy atom. The van der Waals surface area contributed by atoms with Crippen molar-refractivity contribution in [3.63, 3.8) is 0 Å². The minimum atomic E-state index is -0.235. The number of rotatable bonds is 5. The third kappa shape index (κ3) is 3.42. The highest BCUT2D eigenvalue weighted by molar-refractivity contribution is 5.74. The number of hydrogen-bond donors (Lipinski definition) is 2. The second-order valence-corrected chi connectivity index (χ2v) is 5.68. The van der Waals surface area contributed by atoms with Gasteiger partial charge in [0, 0.05) is 30.9 Å². The quantitative estimate of drug-likeness (QED) is 0.892. The van der Waals surface area contributed by atoms with Crippen LogP contribution in [0.25, 0.3) is 0 Å². The zero-order valence-electron chi connectivity index (χ0n) is 12.2. The molecule has 1 heterocycles. The molecule has 3 rings (SSSR count). The summed E-state index contributed by atoms with van der Waals surface area (Å²) in [6, 6.07) is 10.1. The molecule has 1 fully saturated rings. The molecule has 22 heavy (non-hydrogen) atoms. The fraction of sp³-hybridized carbons (Fsp3) is 0.294. The number of urea groups is 1. The number of carbonyl (C=O) groups excluding carboxylic acids is 1. The molecule has 1 aliphatic rings. The molecule has 1 aliphatic carbocycles. The highest BCUT2D eigenvalue weighted by Gasteiger charge is 2.44. The largest absolute Gasteiger partial charge is 0.337 e. The monoisotopic (exact) mass is 299 g/mol. The summed E-state index contributed by atoms with van der Waals surface area (Å²) in [5, 5.41) is 5.71. The SMILES string of the molecule is O=C(NCc1cccnc1)NCC1(c2ccc(F)cc2)CC1. The van der Waals surface area contributed by atoms with Gasteiger partial charge in [-0.2, -0.15) is 0 Å². The third-order valence-corrected chi connectivity index (χ3v) is 4.07. The molecule has 0 saturated heterocycles. The summed E-state index contributed by atoms with van der Waals surface area (Å²) >= 11 is 0. The summed E-state index contributed by atoms with van der Waals surface area (Å²) < 4.78 is 13.0. The molecule has 2 amide bonds. The number of nitrogens with one attached hydrogen (secondary N) is 2. The first-order valence-corrected chi connectivity index (χ1v) is 7.35. The molecule has 1 aromatic carbocycles. The number of benzene rings is 1. The van der Waals surface area contributed by atoms with Gasteiger partial charge in [0.15, 0.2) is 0 Å². The Hall–Kier alpha value is -2.43. The van der Waals surface area contributed by atoms with Gasteiger partial charge in [-0.25, -0.2) is 9.18 Å². The maximum absolute atomic E-state index is 13.0. The molecule has 1 saturated carbocycles. The fourth-order valence-corrected chi connectivity index (χ4v) is 2.52. The topological polar surface area (TPSA) is 54.0 Å². The van der Waals surface area contributed by atoms with Crippen LogP contribution in [0.5, 0.6) is 0 Å². The number of amides is 2. The molecular weight excluding hydrogens is 281 g/mol. The van der Waals surface area contributed by atoms with Crippen LogP contribution in [0.1, 0.15) is 24.0 Å². The average Bonchev–Trinajstić information content (AvgIpc) is 3.34. The molecule has 0 unspecified atom stereocenters. The van der Waals surface area contributed by atoms with Crippen molar-refractivity contribution >= 4 is 6.03 Å². The van der Waals surface area contributed by atoms with Crippen LogP contribution in [0.4, 0.5) is 9.18 Å². The highest BCUT2D eigenvalue weighted by atomic mass is 19.1. The molecule has 0 atom stereocenters. The van der Waals surface area contributed by atoms with Gasteiger partial charge in [0.05, 0.1) is 0 Å². The predicted molar refractivity (Wildman–Crippen MR) is 81.8 cm³/mol. The fourth-order valence-electron chi connectivity index (χ4n) is 2.52. The van der Waals surface area contributed by atoms with Gasteiger partial charge in [-0.15, -0.1) is 0 Å². The average molecular weight is 299 g/mol. The van der Waals surface area contributed by atoms with Crippen LogP contribution >= 0.6 is 0 Å². The van der Waals surface area contributed by atoms with E-state index in [-0.39, 0.29) is 17.3 Å². The van der Waals surface area contributed by atoms with Crippen molar-refractivity contribution in [3.05, 3.63) is 65.7 Å². The number of carbonyl (C=O) groups is 1. The minimum Gasteiger partial charge on any atom is -0.337 e. The van der Waals surface area contributed by atoms with E-state index in [1.54, 1.807) is 24.5 Å². The second-order valence-electron chi connectivity index (χ2n) is 5.68. The first kappa shape index (κ1) is 14.5. The van der Waals surface area contributed by atoms with E-state index in [0.29, 0.717) is 13.1 Å². The van der Waals surface area contributed by atoms with E-state index in [1.165, 1.54) is 12.1 Å². The first-order valence-electron chi connectivity index (χ1n) is 7.35. The van der Waals surface area contributed by atoms with Crippen LogP contribution in [0.3, 0.4) is 0 Å². The molecule has 5 heteroatoms. The van der Waals surface area contributed by atoms with Gasteiger partial charge in [-0.1, -0.05) is 18.2 Å². The van der Waals surface area contributed by atoms with Gasteiger partial charge >= 0.3 is 6.03 Å². The van der Waals surface area contributed by atoms with Crippen molar-refractivity contribution in [2.75, 3.05) is 6.54 Å². The molecule has 0 spiro atoms. The Kier molecular flexibility index (Phi) is 4.04. The van der Waals surface area contributed by atoms with E-state index in [1.807, 2.05) is 12.1 Å². The Morgan fingerprint density at radius 2 is 1.95 bits per heavy atom. The van der Waals surface area contributed by atoms with Gasteiger partial charge in [0.2, 0.25) is 0 Å². The van der Waals surface area contributed by atoms with Crippen molar-refractivity contribution in [3.8, 4) is 0 Å². The van der Waals surface area contributed by atoms with Crippen LogP contribution in [0, 0.1) is 5.82 Å². The first-order chi connectivity index (χ1) is 10.7. The van der Waals surface area contributed by atoms with Gasteiger partial charge in [-0.05, 0) is 42.2 Å². The number of nitrogens with zero attached hydrogens (tertiary/aromatic N) is 1.